The predicted molar refractivity (Wildman–Crippen MR) is 82.7 cm³/mol. The summed E-state index contributed by atoms with van der Waals surface area (Å²) in [6.07, 6.45) is 1.63. The van der Waals surface area contributed by atoms with Crippen LogP contribution in [-0.2, 0) is 0 Å². The Balaban J connectivity index is 2.12. The summed E-state index contributed by atoms with van der Waals surface area (Å²) in [7, 11) is 0. The van der Waals surface area contributed by atoms with E-state index in [0.29, 0.717) is 21.5 Å². The molecule has 3 N–H and O–H groups in total. The molecule has 2 aromatic rings. The van der Waals surface area contributed by atoms with Crippen LogP contribution in [0.15, 0.2) is 41.0 Å². The van der Waals surface area contributed by atoms with Crippen molar-refractivity contribution < 1.29 is 14.7 Å². The molecule has 6 nitrogen and oxygen atoms in total. The van der Waals surface area contributed by atoms with E-state index in [0.717, 1.165) is 0 Å². The molecule has 0 saturated carbocycles. The van der Waals surface area contributed by atoms with Gasteiger partial charge in [0.2, 0.25) is 0 Å². The number of rotatable bonds is 3. The maximum Gasteiger partial charge on any atom is 0.336 e. The molecular weight excluding hydrogens is 338 g/mol. The smallest absolute Gasteiger partial charge is 0.336 e. The number of amides is 2. The van der Waals surface area contributed by atoms with E-state index < -0.39 is 12.0 Å². The normalized spacial score (nSPS) is 10.0. The summed E-state index contributed by atoms with van der Waals surface area (Å²) < 4.78 is 0.448. The summed E-state index contributed by atoms with van der Waals surface area (Å²) in [6, 6.07) is 7.52. The summed E-state index contributed by atoms with van der Waals surface area (Å²) >= 11 is 3.14. The van der Waals surface area contributed by atoms with Crippen molar-refractivity contribution in [2.24, 2.45) is 0 Å². The molecule has 2 rings (SSSR count). The number of carbonyl (C=O) groups excluding carboxylic acids is 1. The number of urea groups is 1. The number of carboxylic acids is 1. The SMILES string of the molecule is Cc1ncccc1NC(=O)Nc1ccc(Br)c(C(=O)O)c1. The molecule has 0 aliphatic carbocycles. The first-order valence-electron chi connectivity index (χ1n) is 6.00. The highest BCUT2D eigenvalue weighted by molar-refractivity contribution is 9.10. The van der Waals surface area contributed by atoms with E-state index in [4.69, 9.17) is 5.11 Å². The second kappa shape index (κ2) is 6.36. The molecule has 2 amide bonds. The maximum absolute atomic E-state index is 11.9. The lowest BCUT2D eigenvalue weighted by Gasteiger charge is -2.10. The Morgan fingerprint density at radius 3 is 2.67 bits per heavy atom. The van der Waals surface area contributed by atoms with Crippen molar-refractivity contribution in [2.75, 3.05) is 10.6 Å². The number of hydrogen-bond acceptors (Lipinski definition) is 3. The van der Waals surface area contributed by atoms with Crippen molar-refractivity contribution >= 4 is 39.3 Å². The van der Waals surface area contributed by atoms with Crippen molar-refractivity contribution in [3.63, 3.8) is 0 Å². The maximum atomic E-state index is 11.9. The molecule has 0 radical (unpaired) electrons. The predicted octanol–water partition coefficient (Wildman–Crippen LogP) is 3.49. The van der Waals surface area contributed by atoms with E-state index in [-0.39, 0.29) is 5.56 Å². The van der Waals surface area contributed by atoms with Crippen LogP contribution in [0.2, 0.25) is 0 Å². The van der Waals surface area contributed by atoms with Gasteiger partial charge in [0.25, 0.3) is 0 Å². The number of carboxylic acid groups (broad SMARTS) is 1. The number of pyridine rings is 1. The van der Waals surface area contributed by atoms with Crippen LogP contribution in [-0.4, -0.2) is 22.1 Å². The van der Waals surface area contributed by atoms with Crippen molar-refractivity contribution in [3.05, 3.63) is 52.3 Å². The standard InChI is InChI=1S/C14H12BrN3O3/c1-8-12(3-2-6-16-8)18-14(21)17-9-4-5-11(15)10(7-9)13(19)20/h2-7H,1H3,(H,19,20)(H2,17,18,21). The van der Waals surface area contributed by atoms with Gasteiger partial charge < -0.3 is 15.7 Å². The second-order valence-corrected chi connectivity index (χ2v) is 5.07. The molecule has 0 aliphatic heterocycles. The lowest BCUT2D eigenvalue weighted by atomic mass is 10.2. The fourth-order valence-electron chi connectivity index (χ4n) is 1.67. The summed E-state index contributed by atoms with van der Waals surface area (Å²) in [5.74, 6) is -1.07. The molecule has 0 bridgehead atoms. The third kappa shape index (κ3) is 3.79. The Labute approximate surface area is 129 Å². The zero-order valence-electron chi connectivity index (χ0n) is 11.1. The highest BCUT2D eigenvalue weighted by atomic mass is 79.9. The third-order valence-electron chi connectivity index (χ3n) is 2.71. The van der Waals surface area contributed by atoms with Gasteiger partial charge >= 0.3 is 12.0 Å². The number of aromatic carboxylic acids is 1. The van der Waals surface area contributed by atoms with Gasteiger partial charge in [0, 0.05) is 16.4 Å². The number of aromatic nitrogens is 1. The molecule has 0 atom stereocenters. The van der Waals surface area contributed by atoms with Crippen molar-refractivity contribution in [1.82, 2.24) is 4.98 Å². The van der Waals surface area contributed by atoms with Gasteiger partial charge in [-0.05, 0) is 53.2 Å². The molecule has 7 heteroatoms. The summed E-state index contributed by atoms with van der Waals surface area (Å²) in [5, 5.41) is 14.3. The van der Waals surface area contributed by atoms with E-state index in [1.165, 1.54) is 6.07 Å². The van der Waals surface area contributed by atoms with Gasteiger partial charge in [0.05, 0.1) is 16.9 Å². The number of anilines is 2. The van der Waals surface area contributed by atoms with Gasteiger partial charge in [-0.15, -0.1) is 0 Å². The lowest BCUT2D eigenvalue weighted by molar-refractivity contribution is 0.0696. The minimum absolute atomic E-state index is 0.0744. The van der Waals surface area contributed by atoms with E-state index in [9.17, 15) is 9.59 Å². The lowest BCUT2D eigenvalue weighted by Crippen LogP contribution is -2.20. The van der Waals surface area contributed by atoms with Gasteiger partial charge in [-0.2, -0.15) is 0 Å². The fraction of sp³-hybridized carbons (Fsp3) is 0.0714. The quantitative estimate of drug-likeness (QED) is 0.790. The minimum atomic E-state index is -1.07. The molecule has 21 heavy (non-hydrogen) atoms. The second-order valence-electron chi connectivity index (χ2n) is 4.22. The molecule has 1 aromatic carbocycles. The number of benzene rings is 1. The van der Waals surface area contributed by atoms with Crippen LogP contribution in [0.5, 0.6) is 0 Å². The van der Waals surface area contributed by atoms with E-state index >= 15 is 0 Å². The first-order valence-corrected chi connectivity index (χ1v) is 6.79. The summed E-state index contributed by atoms with van der Waals surface area (Å²) in [6.45, 7) is 1.78. The molecule has 0 fully saturated rings. The number of hydrogen-bond donors (Lipinski definition) is 3. The zero-order chi connectivity index (χ0) is 15.4. The number of nitrogens with one attached hydrogen (secondary N) is 2. The zero-order valence-corrected chi connectivity index (χ0v) is 12.6. The van der Waals surface area contributed by atoms with Gasteiger partial charge in [0.1, 0.15) is 0 Å². The van der Waals surface area contributed by atoms with Crippen LogP contribution in [0.1, 0.15) is 16.1 Å². The number of aryl methyl sites for hydroxylation is 1. The highest BCUT2D eigenvalue weighted by Gasteiger charge is 2.11. The van der Waals surface area contributed by atoms with Gasteiger partial charge in [-0.3, -0.25) is 4.98 Å². The Morgan fingerprint density at radius 2 is 2.00 bits per heavy atom. The monoisotopic (exact) mass is 349 g/mol. The first kappa shape index (κ1) is 15.0. The molecule has 0 unspecified atom stereocenters. The molecule has 1 aromatic heterocycles. The number of halogens is 1. The molecular formula is C14H12BrN3O3. The van der Waals surface area contributed by atoms with Crippen molar-refractivity contribution in [1.29, 1.82) is 0 Å². The molecule has 1 heterocycles. The van der Waals surface area contributed by atoms with Gasteiger partial charge in [-0.1, -0.05) is 0 Å². The highest BCUT2D eigenvalue weighted by Crippen LogP contribution is 2.21. The molecule has 0 spiro atoms. The van der Waals surface area contributed by atoms with Crippen LogP contribution >= 0.6 is 15.9 Å². The number of nitrogens with zero attached hydrogens (tertiary/aromatic N) is 1. The first-order chi connectivity index (χ1) is 9.97. The summed E-state index contributed by atoms with van der Waals surface area (Å²) in [4.78, 5) is 27.0. The van der Waals surface area contributed by atoms with E-state index in [1.54, 1.807) is 37.4 Å². The Hall–Kier alpha value is -2.41. The average molecular weight is 350 g/mol. The van der Waals surface area contributed by atoms with Crippen LogP contribution in [0.4, 0.5) is 16.2 Å². The molecule has 0 aliphatic rings. The third-order valence-corrected chi connectivity index (χ3v) is 3.40. The van der Waals surface area contributed by atoms with Gasteiger partial charge in [0.15, 0.2) is 0 Å². The Bertz CT molecular complexity index is 704. The van der Waals surface area contributed by atoms with Crippen LogP contribution < -0.4 is 10.6 Å². The number of carbonyl (C=O) groups is 2. The topological polar surface area (TPSA) is 91.3 Å². The molecule has 0 saturated heterocycles. The molecule has 108 valence electrons. The Morgan fingerprint density at radius 1 is 1.24 bits per heavy atom. The van der Waals surface area contributed by atoms with Gasteiger partial charge in [-0.25, -0.2) is 9.59 Å². The van der Waals surface area contributed by atoms with Crippen LogP contribution in [0.25, 0.3) is 0 Å². The fourth-order valence-corrected chi connectivity index (χ4v) is 2.08. The largest absolute Gasteiger partial charge is 0.478 e. The van der Waals surface area contributed by atoms with E-state index in [2.05, 4.69) is 31.5 Å². The summed E-state index contributed by atoms with van der Waals surface area (Å²) in [5.41, 5.74) is 1.74. The Kier molecular flexibility index (Phi) is 4.54. The van der Waals surface area contributed by atoms with Crippen LogP contribution in [0, 0.1) is 6.92 Å². The van der Waals surface area contributed by atoms with Crippen molar-refractivity contribution in [3.8, 4) is 0 Å². The van der Waals surface area contributed by atoms with Crippen molar-refractivity contribution in [2.45, 2.75) is 6.92 Å². The van der Waals surface area contributed by atoms with E-state index in [1.807, 2.05) is 0 Å². The minimum Gasteiger partial charge on any atom is -0.478 e. The van der Waals surface area contributed by atoms with Crippen LogP contribution in [0.3, 0.4) is 0 Å². The average Bonchev–Trinajstić information content (AvgIpc) is 2.43.